The van der Waals surface area contributed by atoms with Crippen molar-refractivity contribution in [1.29, 1.82) is 0 Å². The van der Waals surface area contributed by atoms with Crippen molar-refractivity contribution < 1.29 is 38.4 Å². The molecular formula is C34H43N3O8. The van der Waals surface area contributed by atoms with E-state index < -0.39 is 52.2 Å². The molecule has 0 amide bonds. The molecule has 6 rings (SSSR count). The second kappa shape index (κ2) is 10.3. The lowest BCUT2D eigenvalue weighted by molar-refractivity contribution is -0.228. The maximum absolute atomic E-state index is 13.9. The van der Waals surface area contributed by atoms with E-state index in [0.29, 0.717) is 42.9 Å². The Morgan fingerprint density at radius 3 is 2.49 bits per heavy atom. The number of fused-ring (bicyclic) bond motifs is 1. The van der Waals surface area contributed by atoms with Gasteiger partial charge in [0.15, 0.2) is 6.10 Å². The lowest BCUT2D eigenvalue weighted by atomic mass is 9.47. The summed E-state index contributed by atoms with van der Waals surface area (Å²) < 4.78 is 24.4. The number of hydrogen-bond donors (Lipinski definition) is 1. The van der Waals surface area contributed by atoms with Gasteiger partial charge in [0.2, 0.25) is 5.60 Å². The minimum atomic E-state index is -2.22. The Morgan fingerprint density at radius 1 is 1.13 bits per heavy atom. The highest BCUT2D eigenvalue weighted by Crippen LogP contribution is 2.67. The van der Waals surface area contributed by atoms with Gasteiger partial charge in [-0.3, -0.25) is 14.3 Å². The zero-order valence-electron chi connectivity index (χ0n) is 27.2. The number of rotatable bonds is 5. The average molecular weight is 622 g/mol. The monoisotopic (exact) mass is 621 g/mol. The molecule has 45 heavy (non-hydrogen) atoms. The van der Waals surface area contributed by atoms with E-state index >= 15 is 0 Å². The third-order valence-corrected chi connectivity index (χ3v) is 10.3. The molecule has 1 saturated carbocycles. The second-order valence-electron chi connectivity index (χ2n) is 13.7. The standard InChI is InChI=1S/C34H43N3O8/c1-9-32-13-11-15-36-17-14-33(26(32)36)22-18-21(23-12-10-16-37(23)30(40)45-31(3,4)5)25(42-7)19-24(22)35(6)27(33)34(41,29(39)43-8)28(32)44-20(2)38/h10-13,16,18-19,26-28,41H,9,14-15,17H2,1-8H3/t26-,27+,28+,32+,33+,34-/m0/s1. The number of carbonyl (C=O) groups excluding carboxylic acids is 3. The molecule has 0 unspecified atom stereocenters. The summed E-state index contributed by atoms with van der Waals surface area (Å²) in [4.78, 5) is 44.2. The second-order valence-corrected chi connectivity index (χ2v) is 13.7. The van der Waals surface area contributed by atoms with Gasteiger partial charge < -0.3 is 29.0 Å². The lowest BCUT2D eigenvalue weighted by Gasteiger charge is -2.63. The van der Waals surface area contributed by atoms with E-state index in [4.69, 9.17) is 18.9 Å². The maximum atomic E-state index is 13.9. The van der Waals surface area contributed by atoms with Crippen LogP contribution in [0.15, 0.2) is 42.6 Å². The Labute approximate surface area is 263 Å². The third kappa shape index (κ3) is 4.12. The van der Waals surface area contributed by atoms with Gasteiger partial charge in [0.05, 0.1) is 26.0 Å². The fraction of sp³-hybridized carbons (Fsp3) is 0.559. The van der Waals surface area contributed by atoms with Crippen LogP contribution < -0.4 is 9.64 Å². The minimum absolute atomic E-state index is 0.220. The topological polar surface area (TPSA) is 120 Å². The quantitative estimate of drug-likeness (QED) is 0.299. The Morgan fingerprint density at radius 2 is 1.87 bits per heavy atom. The highest BCUT2D eigenvalue weighted by Gasteiger charge is 2.80. The maximum Gasteiger partial charge on any atom is 0.418 e. The molecule has 0 bridgehead atoms. The number of aliphatic hydroxyl groups is 1. The number of likely N-dealkylation sites (N-methyl/N-ethyl adjacent to an activating group) is 1. The first kappa shape index (κ1) is 31.2. The number of hydrogen-bond acceptors (Lipinski definition) is 10. The van der Waals surface area contributed by atoms with Crippen LogP contribution >= 0.6 is 0 Å². The molecule has 1 aromatic carbocycles. The molecule has 2 aromatic rings. The highest BCUT2D eigenvalue weighted by molar-refractivity contribution is 5.89. The molecular weight excluding hydrogens is 578 g/mol. The summed E-state index contributed by atoms with van der Waals surface area (Å²) in [5, 5.41) is 12.9. The van der Waals surface area contributed by atoms with Crippen LogP contribution in [0, 0.1) is 5.41 Å². The third-order valence-electron chi connectivity index (χ3n) is 10.3. The summed E-state index contributed by atoms with van der Waals surface area (Å²) in [6.07, 6.45) is 5.15. The number of anilines is 1. The van der Waals surface area contributed by atoms with E-state index in [0.717, 1.165) is 11.3 Å². The van der Waals surface area contributed by atoms with E-state index in [1.54, 1.807) is 19.4 Å². The van der Waals surface area contributed by atoms with Crippen LogP contribution in [-0.2, 0) is 29.2 Å². The van der Waals surface area contributed by atoms with Crippen molar-refractivity contribution in [3.8, 4) is 17.0 Å². The number of carbonyl (C=O) groups is 3. The van der Waals surface area contributed by atoms with Gasteiger partial charge in [-0.1, -0.05) is 19.1 Å². The van der Waals surface area contributed by atoms with Gasteiger partial charge in [0.25, 0.3) is 0 Å². The summed E-state index contributed by atoms with van der Waals surface area (Å²) >= 11 is 0. The van der Waals surface area contributed by atoms with Crippen LogP contribution in [0.2, 0.25) is 0 Å². The van der Waals surface area contributed by atoms with Gasteiger partial charge >= 0.3 is 18.0 Å². The molecule has 6 atom stereocenters. The molecule has 4 heterocycles. The molecule has 11 nitrogen and oxygen atoms in total. The summed E-state index contributed by atoms with van der Waals surface area (Å²) in [5.41, 5.74) is -1.64. The number of nitrogens with zero attached hydrogens (tertiary/aromatic N) is 3. The fourth-order valence-electron chi connectivity index (χ4n) is 9.02. The molecule has 1 spiro atoms. The SMILES string of the molecule is CC[C@]12C=CCN3CC[C@@]4(c5cc(-c6cccn6C(=O)OC(C)(C)C)c(OC)cc5N(C)[C@H]4[C@@](O)(C(=O)OC)[C@@H]1OC(C)=O)[C@@H]32. The van der Waals surface area contributed by atoms with Crippen LogP contribution in [0.3, 0.4) is 0 Å². The van der Waals surface area contributed by atoms with E-state index in [2.05, 4.69) is 4.90 Å². The molecule has 1 N–H and O–H groups in total. The first-order valence-electron chi connectivity index (χ1n) is 15.5. The van der Waals surface area contributed by atoms with Crippen LogP contribution in [0.5, 0.6) is 5.75 Å². The number of methoxy groups -OCH3 is 2. The van der Waals surface area contributed by atoms with E-state index in [-0.39, 0.29) is 6.04 Å². The van der Waals surface area contributed by atoms with E-state index in [1.807, 2.05) is 70.0 Å². The zero-order chi connectivity index (χ0) is 32.7. The summed E-state index contributed by atoms with van der Waals surface area (Å²) in [5.74, 6) is -0.930. The first-order valence-corrected chi connectivity index (χ1v) is 15.5. The van der Waals surface area contributed by atoms with Gasteiger partial charge in [-0.15, -0.1) is 0 Å². The van der Waals surface area contributed by atoms with Gasteiger partial charge in [-0.25, -0.2) is 9.59 Å². The van der Waals surface area contributed by atoms with Crippen molar-refractivity contribution in [2.24, 2.45) is 5.41 Å². The normalized spacial score (nSPS) is 31.6. The zero-order valence-corrected chi connectivity index (χ0v) is 27.2. The van der Waals surface area contributed by atoms with Crippen molar-refractivity contribution >= 4 is 23.7 Å². The number of esters is 2. The molecule has 1 aliphatic carbocycles. The predicted octanol–water partition coefficient (Wildman–Crippen LogP) is 3.89. The molecule has 4 aliphatic rings. The summed E-state index contributed by atoms with van der Waals surface area (Å²) in [6, 6.07) is 6.50. The van der Waals surface area contributed by atoms with Crippen LogP contribution in [0.1, 0.15) is 53.0 Å². The van der Waals surface area contributed by atoms with Crippen molar-refractivity contribution in [1.82, 2.24) is 9.47 Å². The lowest BCUT2D eigenvalue weighted by Crippen LogP contribution is -2.81. The van der Waals surface area contributed by atoms with Crippen LogP contribution in [0.25, 0.3) is 11.3 Å². The largest absolute Gasteiger partial charge is 0.496 e. The summed E-state index contributed by atoms with van der Waals surface area (Å²) in [6.45, 7) is 10.1. The van der Waals surface area contributed by atoms with Crippen molar-refractivity contribution in [2.75, 3.05) is 39.3 Å². The number of ether oxygens (including phenoxy) is 4. The van der Waals surface area contributed by atoms with E-state index in [9.17, 15) is 19.5 Å². The molecule has 1 saturated heterocycles. The van der Waals surface area contributed by atoms with Gasteiger partial charge in [-0.05, 0) is 63.9 Å². The molecule has 242 valence electrons. The van der Waals surface area contributed by atoms with Crippen LogP contribution in [-0.4, -0.2) is 96.4 Å². The van der Waals surface area contributed by atoms with E-state index in [1.165, 1.54) is 18.6 Å². The molecule has 3 aliphatic heterocycles. The predicted molar refractivity (Wildman–Crippen MR) is 166 cm³/mol. The summed E-state index contributed by atoms with van der Waals surface area (Å²) in [7, 11) is 4.66. The average Bonchev–Trinajstić information content (AvgIpc) is 3.69. The van der Waals surface area contributed by atoms with Gasteiger partial charge in [-0.2, -0.15) is 0 Å². The van der Waals surface area contributed by atoms with Crippen molar-refractivity contribution in [3.05, 3.63) is 48.2 Å². The Balaban J connectivity index is 1.64. The Bertz CT molecular complexity index is 1590. The number of aromatic nitrogens is 1. The number of benzene rings is 1. The molecule has 2 fully saturated rings. The molecule has 11 heteroatoms. The van der Waals surface area contributed by atoms with Crippen molar-refractivity contribution in [3.63, 3.8) is 0 Å². The molecule has 0 radical (unpaired) electrons. The van der Waals surface area contributed by atoms with Crippen LogP contribution in [0.4, 0.5) is 10.5 Å². The Kier molecular flexibility index (Phi) is 7.17. The smallest absolute Gasteiger partial charge is 0.418 e. The molecule has 1 aromatic heterocycles. The van der Waals surface area contributed by atoms with Crippen molar-refractivity contribution in [2.45, 2.75) is 82.3 Å². The first-order chi connectivity index (χ1) is 21.2. The Hall–Kier alpha value is -3.83. The highest BCUT2D eigenvalue weighted by atomic mass is 16.6. The van der Waals surface area contributed by atoms with Gasteiger partial charge in [0, 0.05) is 60.9 Å². The fourth-order valence-corrected chi connectivity index (χ4v) is 9.02. The minimum Gasteiger partial charge on any atom is -0.496 e. The van der Waals surface area contributed by atoms with Gasteiger partial charge in [0.1, 0.15) is 11.4 Å².